The second-order valence-corrected chi connectivity index (χ2v) is 31.7. The molecule has 0 spiro atoms. The largest absolute Gasteiger partial charge is 0.481 e. The summed E-state index contributed by atoms with van der Waals surface area (Å²) < 4.78 is 17.7. The quantitative estimate of drug-likeness (QED) is 0.0115. The molecule has 14 heteroatoms. The van der Waals surface area contributed by atoms with E-state index >= 15 is 0 Å². The molecule has 2 aliphatic rings. The number of alkyl carbamates (subject to hydrolysis) is 2. The van der Waals surface area contributed by atoms with Crippen molar-refractivity contribution in [3.8, 4) is 22.3 Å². The number of aliphatic carboxylic acids is 1. The number of amides is 2. The van der Waals surface area contributed by atoms with Gasteiger partial charge in [-0.2, -0.15) is 0 Å². The number of carboxylic acids is 1. The average molecular weight is 1590 g/mol. The van der Waals surface area contributed by atoms with E-state index < -0.39 is 16.4 Å². The van der Waals surface area contributed by atoms with Gasteiger partial charge in [-0.25, -0.2) is 9.59 Å². The number of carboxylic acid groups (broad SMARTS) is 1. The zero-order valence-electron chi connectivity index (χ0n) is 67.7. The fourth-order valence-corrected chi connectivity index (χ4v) is 16.7. The molecule has 114 heavy (non-hydrogen) atoms. The highest BCUT2D eigenvalue weighted by Gasteiger charge is 2.42. The molecule has 12 rings (SSSR count). The van der Waals surface area contributed by atoms with Gasteiger partial charge in [0.25, 0.3) is 0 Å². The molecule has 10 aromatic rings. The summed E-state index contributed by atoms with van der Waals surface area (Å²) >= 11 is 20.4. The molecular formula is C100H116Cl3N3O8. The number of aryl methyl sites for hydroxylation is 2. The lowest BCUT2D eigenvalue weighted by molar-refractivity contribution is -0.153. The first-order chi connectivity index (χ1) is 55.3. The first kappa shape index (κ1) is 88.5. The number of hydrogen-bond donors (Lipinski definition) is 3. The van der Waals surface area contributed by atoms with Gasteiger partial charge in [0.15, 0.2) is 5.60 Å². The number of hydrogen-bond acceptors (Lipinski definition) is 8. The Kier molecular flexibility index (Phi) is 35.8. The first-order valence-electron chi connectivity index (χ1n) is 41.2. The number of fused-ring (bicyclic) bond motifs is 6. The zero-order chi connectivity index (χ0) is 81.1. The van der Waals surface area contributed by atoms with E-state index in [1.54, 1.807) is 0 Å². The van der Waals surface area contributed by atoms with Gasteiger partial charge >= 0.3 is 24.1 Å². The number of nitrogens with zero attached hydrogens (tertiary/aromatic N) is 1. The lowest BCUT2D eigenvalue weighted by Crippen LogP contribution is -2.36. The van der Waals surface area contributed by atoms with Crippen molar-refractivity contribution in [3.05, 3.63) is 332 Å². The van der Waals surface area contributed by atoms with Gasteiger partial charge in [-0.05, 0) is 142 Å². The van der Waals surface area contributed by atoms with Crippen molar-refractivity contribution >= 4 is 58.9 Å². The van der Waals surface area contributed by atoms with E-state index in [9.17, 15) is 19.2 Å². The number of rotatable bonds is 36. The SMILES string of the molecule is CCN(C(C)C)C(C)C.Cc1ccc(C(Cl)(c2ccccc2)c2ccccc2Cl)cc1.Cc1ccc(C(OC(=O)CCCCCCCCCCNC(=O)OCC2c3ccccc3-c3ccccc32)(c2ccccc2)c2ccccc2Cl)cc1.O=C(O)CCCCCCCCCCNC(=O)OCC1c2ccccc2-c2ccccc21. The third-order valence-electron chi connectivity index (χ3n) is 21.6. The molecule has 0 aliphatic heterocycles. The summed E-state index contributed by atoms with van der Waals surface area (Å²) in [6, 6.07) is 86.5. The fraction of sp³-hybridized carbons (Fsp3) is 0.360. The molecule has 0 aromatic heterocycles. The lowest BCUT2D eigenvalue weighted by Gasteiger charge is -2.36. The number of ether oxygens (including phenoxy) is 3. The monoisotopic (exact) mass is 1590 g/mol. The topological polar surface area (TPSA) is 144 Å². The van der Waals surface area contributed by atoms with Gasteiger partial charge < -0.3 is 30.0 Å². The molecule has 2 aliphatic carbocycles. The number of unbranched alkanes of at least 4 members (excludes halogenated alkanes) is 14. The van der Waals surface area contributed by atoms with Gasteiger partial charge in [0.1, 0.15) is 18.1 Å². The second kappa shape index (κ2) is 46.2. The maximum absolute atomic E-state index is 13.5. The third kappa shape index (κ3) is 25.0. The summed E-state index contributed by atoms with van der Waals surface area (Å²) in [5, 5.41) is 15.6. The molecule has 2 amide bonds. The van der Waals surface area contributed by atoms with E-state index in [-0.39, 0.29) is 36.4 Å². The van der Waals surface area contributed by atoms with Crippen LogP contribution in [0, 0.1) is 13.8 Å². The highest BCUT2D eigenvalue weighted by Crippen LogP contribution is 2.49. The predicted molar refractivity (Wildman–Crippen MR) is 469 cm³/mol. The smallest absolute Gasteiger partial charge is 0.407 e. The van der Waals surface area contributed by atoms with Gasteiger partial charge in [-0.3, -0.25) is 14.5 Å². The number of carbonyl (C=O) groups is 4. The van der Waals surface area contributed by atoms with E-state index in [1.165, 1.54) is 50.1 Å². The van der Waals surface area contributed by atoms with Crippen LogP contribution in [0.2, 0.25) is 10.0 Å². The third-order valence-corrected chi connectivity index (χ3v) is 22.9. The molecule has 10 aromatic carbocycles. The van der Waals surface area contributed by atoms with Crippen LogP contribution in [0.15, 0.2) is 255 Å². The Morgan fingerprint density at radius 2 is 0.711 bits per heavy atom. The highest BCUT2D eigenvalue weighted by molar-refractivity contribution is 6.35. The van der Waals surface area contributed by atoms with Crippen LogP contribution in [-0.2, 0) is 34.3 Å². The van der Waals surface area contributed by atoms with Gasteiger partial charge in [0, 0.05) is 82.1 Å². The van der Waals surface area contributed by atoms with Crippen LogP contribution in [0.3, 0.4) is 0 Å². The Labute approximate surface area is 693 Å². The zero-order valence-corrected chi connectivity index (χ0v) is 70.0. The van der Waals surface area contributed by atoms with Crippen molar-refractivity contribution in [2.45, 2.75) is 198 Å². The molecule has 3 N–H and O–H groups in total. The van der Waals surface area contributed by atoms with Crippen molar-refractivity contribution in [1.82, 2.24) is 15.5 Å². The summed E-state index contributed by atoms with van der Waals surface area (Å²) in [5.41, 5.74) is 16.3. The molecular weight excluding hydrogens is 1480 g/mol. The van der Waals surface area contributed by atoms with Gasteiger partial charge in [0.05, 0.1) is 0 Å². The number of nitrogens with one attached hydrogen (secondary N) is 2. The first-order valence-corrected chi connectivity index (χ1v) is 42.3. The summed E-state index contributed by atoms with van der Waals surface area (Å²) in [6.07, 6.45) is 16.4. The van der Waals surface area contributed by atoms with Crippen LogP contribution in [0.4, 0.5) is 9.59 Å². The Morgan fingerprint density at radius 3 is 1.09 bits per heavy atom. The van der Waals surface area contributed by atoms with E-state index in [4.69, 9.17) is 54.1 Å². The molecule has 2 atom stereocenters. The standard InChI is InChI=1S/C46H48ClNO4.C26H33NO4.C20H16Cl2.C8H19N/c1-34-28-30-36(31-29-34)46(35-19-9-8-10-20-35,42-25-16-17-26-43(42)47)52-44(49)27-11-6-4-2-3-5-7-18-32-48-45(50)51-33-41-39-23-14-12-21-37(39)38-22-13-15-24-40(38)41;28-25(29)17-7-5-3-1-2-4-6-12-18-27-26(30)31-19-24-22-15-10-8-13-20(22)21-14-9-11-16-23(21)24;1-15-11-13-17(14-12-15)20(22,16-7-3-2-4-8-16)18-9-5-6-10-19(18)21;1-6-9(7(2)3)8(4)5/h8-10,12-17,19-26,28-31,41H,2-7,11,18,27,32-33H2,1H3,(H,48,50);8-11,13-16,24H,1-7,12,17-19H2,(H,27,30)(H,28,29);2-14H,1H3;7-8H,6H2,1-5H3. The summed E-state index contributed by atoms with van der Waals surface area (Å²) in [5.74, 6) is -0.788. The second-order valence-electron chi connectivity index (χ2n) is 30.3. The molecule has 0 fully saturated rings. The van der Waals surface area contributed by atoms with Crippen LogP contribution in [0.25, 0.3) is 22.3 Å². The number of carbonyl (C=O) groups excluding carboxylic acids is 3. The summed E-state index contributed by atoms with van der Waals surface area (Å²) in [7, 11) is 0. The average Bonchev–Trinajstić information content (AvgIpc) is 1.26. The Balaban J connectivity index is 0.000000202. The minimum Gasteiger partial charge on any atom is -0.481 e. The van der Waals surface area contributed by atoms with Crippen molar-refractivity contribution in [2.75, 3.05) is 32.8 Å². The number of benzene rings is 10. The number of esters is 1. The van der Waals surface area contributed by atoms with Crippen molar-refractivity contribution in [2.24, 2.45) is 0 Å². The fourth-order valence-electron chi connectivity index (χ4n) is 15.7. The molecule has 0 bridgehead atoms. The number of alkyl halides is 1. The molecule has 600 valence electrons. The summed E-state index contributed by atoms with van der Waals surface area (Å²) in [6.45, 7) is 18.4. The van der Waals surface area contributed by atoms with Crippen LogP contribution in [0.1, 0.15) is 229 Å². The number of halogens is 3. The van der Waals surface area contributed by atoms with Crippen LogP contribution in [-0.4, -0.2) is 79.1 Å². The van der Waals surface area contributed by atoms with E-state index in [0.717, 1.165) is 148 Å². The van der Waals surface area contributed by atoms with E-state index in [1.807, 2.05) is 177 Å². The Morgan fingerprint density at radius 1 is 0.395 bits per heavy atom. The maximum Gasteiger partial charge on any atom is 0.407 e. The molecule has 0 radical (unpaired) electrons. The summed E-state index contributed by atoms with van der Waals surface area (Å²) in [4.78, 5) is 50.2. The van der Waals surface area contributed by atoms with Crippen molar-refractivity contribution < 1.29 is 38.5 Å². The Bertz CT molecular complexity index is 4500. The van der Waals surface area contributed by atoms with Gasteiger partial charge in [0.2, 0.25) is 0 Å². The van der Waals surface area contributed by atoms with Crippen molar-refractivity contribution in [1.29, 1.82) is 0 Å². The van der Waals surface area contributed by atoms with Crippen LogP contribution < -0.4 is 10.6 Å². The maximum atomic E-state index is 13.5. The van der Waals surface area contributed by atoms with Crippen LogP contribution in [0.5, 0.6) is 0 Å². The minimum atomic E-state index is -1.16. The normalized spacial score (nSPS) is 12.9. The van der Waals surface area contributed by atoms with E-state index in [0.29, 0.717) is 54.9 Å². The van der Waals surface area contributed by atoms with E-state index in [2.05, 4.69) is 142 Å². The molecule has 0 saturated carbocycles. The minimum absolute atomic E-state index is 0.0682. The molecule has 0 heterocycles. The van der Waals surface area contributed by atoms with Gasteiger partial charge in [-0.1, -0.05) is 361 Å². The highest BCUT2D eigenvalue weighted by atomic mass is 35.5. The lowest BCUT2D eigenvalue weighted by atomic mass is 9.79. The van der Waals surface area contributed by atoms with Crippen molar-refractivity contribution in [3.63, 3.8) is 0 Å². The molecule has 2 unspecified atom stereocenters. The molecule has 0 saturated heterocycles. The predicted octanol–water partition coefficient (Wildman–Crippen LogP) is 26.0. The van der Waals surface area contributed by atoms with Crippen LogP contribution >= 0.6 is 34.8 Å². The molecule has 11 nitrogen and oxygen atoms in total. The Hall–Kier alpha value is -9.49. The van der Waals surface area contributed by atoms with Gasteiger partial charge in [-0.15, -0.1) is 11.6 Å².